The standard InChI is InChI=1S/C12H15Cl2NO/c13-8-2-1-3-9-15-12(16)10-4-6-11(14)7-5-10/h4-7H,1-3,8-9H2,(H,15,16). The highest BCUT2D eigenvalue weighted by Gasteiger charge is 2.03. The molecule has 4 heteroatoms. The molecule has 1 N–H and O–H groups in total. The smallest absolute Gasteiger partial charge is 0.251 e. The Bertz CT molecular complexity index is 324. The molecular formula is C12H15Cl2NO. The first kappa shape index (κ1) is 13.3. The van der Waals surface area contributed by atoms with Gasteiger partial charge in [0.2, 0.25) is 0 Å². The van der Waals surface area contributed by atoms with Gasteiger partial charge < -0.3 is 5.32 Å². The van der Waals surface area contributed by atoms with Crippen molar-refractivity contribution in [3.8, 4) is 0 Å². The van der Waals surface area contributed by atoms with Gasteiger partial charge in [0.05, 0.1) is 0 Å². The molecule has 2 nitrogen and oxygen atoms in total. The Labute approximate surface area is 106 Å². The van der Waals surface area contributed by atoms with Crippen LogP contribution in [0.1, 0.15) is 29.6 Å². The number of rotatable bonds is 6. The van der Waals surface area contributed by atoms with Crippen molar-refractivity contribution in [3.05, 3.63) is 34.9 Å². The number of unbranched alkanes of at least 4 members (excludes halogenated alkanes) is 2. The maximum absolute atomic E-state index is 11.6. The first-order valence-electron chi connectivity index (χ1n) is 5.34. The molecule has 0 aromatic heterocycles. The van der Waals surface area contributed by atoms with Crippen LogP contribution in [0.3, 0.4) is 0 Å². The summed E-state index contributed by atoms with van der Waals surface area (Å²) in [6.07, 6.45) is 3.01. The molecule has 16 heavy (non-hydrogen) atoms. The normalized spacial score (nSPS) is 10.1. The number of halogens is 2. The van der Waals surface area contributed by atoms with E-state index in [-0.39, 0.29) is 5.91 Å². The van der Waals surface area contributed by atoms with Crippen LogP contribution < -0.4 is 5.32 Å². The van der Waals surface area contributed by atoms with Crippen LogP contribution in [0.5, 0.6) is 0 Å². The molecule has 1 aromatic carbocycles. The van der Waals surface area contributed by atoms with E-state index in [1.165, 1.54) is 0 Å². The molecule has 1 aromatic rings. The molecule has 0 spiro atoms. The van der Waals surface area contributed by atoms with Crippen molar-refractivity contribution in [2.75, 3.05) is 12.4 Å². The maximum Gasteiger partial charge on any atom is 0.251 e. The van der Waals surface area contributed by atoms with E-state index in [4.69, 9.17) is 23.2 Å². The number of hydrogen-bond acceptors (Lipinski definition) is 1. The van der Waals surface area contributed by atoms with E-state index in [9.17, 15) is 4.79 Å². The van der Waals surface area contributed by atoms with Gasteiger partial charge in [-0.1, -0.05) is 18.0 Å². The molecular weight excluding hydrogens is 245 g/mol. The number of nitrogens with one attached hydrogen (secondary N) is 1. The van der Waals surface area contributed by atoms with Crippen molar-refractivity contribution in [1.82, 2.24) is 5.32 Å². The second-order valence-electron chi connectivity index (χ2n) is 3.51. The first-order valence-corrected chi connectivity index (χ1v) is 6.25. The fourth-order valence-corrected chi connectivity index (χ4v) is 1.62. The van der Waals surface area contributed by atoms with Gasteiger partial charge in [0.25, 0.3) is 5.91 Å². The Morgan fingerprint density at radius 3 is 2.44 bits per heavy atom. The summed E-state index contributed by atoms with van der Waals surface area (Å²) in [7, 11) is 0. The Hall–Kier alpha value is -0.730. The van der Waals surface area contributed by atoms with E-state index in [1.807, 2.05) is 0 Å². The van der Waals surface area contributed by atoms with Gasteiger partial charge in [-0.05, 0) is 37.1 Å². The minimum atomic E-state index is -0.0532. The third-order valence-corrected chi connectivity index (χ3v) is 2.72. The zero-order valence-electron chi connectivity index (χ0n) is 9.01. The van der Waals surface area contributed by atoms with Crippen LogP contribution in [0, 0.1) is 0 Å². The van der Waals surface area contributed by atoms with Gasteiger partial charge >= 0.3 is 0 Å². The molecule has 0 bridgehead atoms. The van der Waals surface area contributed by atoms with Gasteiger partial charge in [-0.3, -0.25) is 4.79 Å². The number of amides is 1. The molecule has 0 fully saturated rings. The Balaban J connectivity index is 2.27. The summed E-state index contributed by atoms with van der Waals surface area (Å²) < 4.78 is 0. The maximum atomic E-state index is 11.6. The number of benzene rings is 1. The lowest BCUT2D eigenvalue weighted by Gasteiger charge is -2.04. The minimum absolute atomic E-state index is 0.0532. The predicted octanol–water partition coefficient (Wildman–Crippen LogP) is 3.48. The van der Waals surface area contributed by atoms with Gasteiger partial charge in [-0.15, -0.1) is 11.6 Å². The molecule has 0 radical (unpaired) electrons. The molecule has 0 unspecified atom stereocenters. The van der Waals surface area contributed by atoms with Crippen LogP contribution in [0.25, 0.3) is 0 Å². The molecule has 1 rings (SSSR count). The molecule has 0 atom stereocenters. The zero-order valence-corrected chi connectivity index (χ0v) is 10.5. The summed E-state index contributed by atoms with van der Waals surface area (Å²) in [6, 6.07) is 6.86. The van der Waals surface area contributed by atoms with Crippen LogP contribution in [0.2, 0.25) is 5.02 Å². The van der Waals surface area contributed by atoms with E-state index in [1.54, 1.807) is 24.3 Å². The summed E-state index contributed by atoms with van der Waals surface area (Å²) in [4.78, 5) is 11.6. The quantitative estimate of drug-likeness (QED) is 0.615. The Kier molecular flexibility index (Phi) is 6.27. The fraction of sp³-hybridized carbons (Fsp3) is 0.417. The molecule has 88 valence electrons. The molecule has 1 amide bonds. The fourth-order valence-electron chi connectivity index (χ4n) is 1.30. The topological polar surface area (TPSA) is 29.1 Å². The van der Waals surface area contributed by atoms with E-state index < -0.39 is 0 Å². The SMILES string of the molecule is O=C(NCCCCCCl)c1ccc(Cl)cc1. The van der Waals surface area contributed by atoms with E-state index in [0.29, 0.717) is 23.0 Å². The third-order valence-electron chi connectivity index (χ3n) is 2.20. The van der Waals surface area contributed by atoms with Gasteiger partial charge in [0, 0.05) is 23.0 Å². The second-order valence-corrected chi connectivity index (χ2v) is 4.33. The van der Waals surface area contributed by atoms with Crippen molar-refractivity contribution >= 4 is 29.1 Å². The van der Waals surface area contributed by atoms with Crippen molar-refractivity contribution in [2.24, 2.45) is 0 Å². The highest BCUT2D eigenvalue weighted by molar-refractivity contribution is 6.30. The number of hydrogen-bond donors (Lipinski definition) is 1. The van der Waals surface area contributed by atoms with Crippen molar-refractivity contribution in [2.45, 2.75) is 19.3 Å². The summed E-state index contributed by atoms with van der Waals surface area (Å²) >= 11 is 11.3. The second kappa shape index (κ2) is 7.53. The average Bonchev–Trinajstić information content (AvgIpc) is 2.29. The van der Waals surface area contributed by atoms with E-state index in [2.05, 4.69) is 5.32 Å². The van der Waals surface area contributed by atoms with Crippen LogP contribution in [0.4, 0.5) is 0 Å². The van der Waals surface area contributed by atoms with Crippen LogP contribution >= 0.6 is 23.2 Å². The molecule has 0 aliphatic carbocycles. The van der Waals surface area contributed by atoms with Gasteiger partial charge in [0.15, 0.2) is 0 Å². The monoisotopic (exact) mass is 259 g/mol. The van der Waals surface area contributed by atoms with Crippen LogP contribution in [-0.2, 0) is 0 Å². The van der Waals surface area contributed by atoms with Crippen molar-refractivity contribution in [3.63, 3.8) is 0 Å². The molecule has 0 heterocycles. The van der Waals surface area contributed by atoms with Crippen molar-refractivity contribution < 1.29 is 4.79 Å². The molecule has 0 saturated carbocycles. The average molecular weight is 260 g/mol. The highest BCUT2D eigenvalue weighted by atomic mass is 35.5. The summed E-state index contributed by atoms with van der Waals surface area (Å²) in [5.74, 6) is 0.632. The number of carbonyl (C=O) groups excluding carboxylic acids is 1. The van der Waals surface area contributed by atoms with Gasteiger partial charge in [-0.2, -0.15) is 0 Å². The third kappa shape index (κ3) is 4.86. The summed E-state index contributed by atoms with van der Waals surface area (Å²) in [6.45, 7) is 0.693. The number of carbonyl (C=O) groups is 1. The van der Waals surface area contributed by atoms with E-state index >= 15 is 0 Å². The zero-order chi connectivity index (χ0) is 11.8. The lowest BCUT2D eigenvalue weighted by molar-refractivity contribution is 0.0953. The lowest BCUT2D eigenvalue weighted by atomic mass is 10.2. The van der Waals surface area contributed by atoms with Gasteiger partial charge in [0.1, 0.15) is 0 Å². The van der Waals surface area contributed by atoms with E-state index in [0.717, 1.165) is 19.3 Å². The highest BCUT2D eigenvalue weighted by Crippen LogP contribution is 2.09. The van der Waals surface area contributed by atoms with Gasteiger partial charge in [-0.25, -0.2) is 0 Å². The molecule has 0 aliphatic rings. The Morgan fingerprint density at radius 2 is 1.81 bits per heavy atom. The Morgan fingerprint density at radius 1 is 1.12 bits per heavy atom. The lowest BCUT2D eigenvalue weighted by Crippen LogP contribution is -2.24. The largest absolute Gasteiger partial charge is 0.352 e. The predicted molar refractivity (Wildman–Crippen MR) is 68.4 cm³/mol. The minimum Gasteiger partial charge on any atom is -0.352 e. The molecule has 0 aliphatic heterocycles. The summed E-state index contributed by atoms with van der Waals surface area (Å²) in [5.41, 5.74) is 0.641. The number of alkyl halides is 1. The summed E-state index contributed by atoms with van der Waals surface area (Å²) in [5, 5.41) is 3.49. The van der Waals surface area contributed by atoms with Crippen molar-refractivity contribution in [1.29, 1.82) is 0 Å². The first-order chi connectivity index (χ1) is 7.74. The van der Waals surface area contributed by atoms with Crippen LogP contribution in [-0.4, -0.2) is 18.3 Å². The molecule has 0 saturated heterocycles. The van der Waals surface area contributed by atoms with Crippen LogP contribution in [0.15, 0.2) is 24.3 Å².